The van der Waals surface area contributed by atoms with Crippen molar-refractivity contribution >= 4 is 18.3 Å². The minimum absolute atomic E-state index is 0. The third kappa shape index (κ3) is 4.02. The Labute approximate surface area is 124 Å². The van der Waals surface area contributed by atoms with E-state index < -0.39 is 13.0 Å². The van der Waals surface area contributed by atoms with E-state index in [-0.39, 0.29) is 36.2 Å². The van der Waals surface area contributed by atoms with E-state index >= 15 is 0 Å². The Hall–Kier alpha value is -0.460. The molecule has 1 aliphatic heterocycles. The molecule has 20 heavy (non-hydrogen) atoms. The largest absolute Gasteiger partial charge is 0.383 e. The number of carbonyl (C=O) groups excluding carboxylic acids is 1. The van der Waals surface area contributed by atoms with E-state index in [4.69, 9.17) is 4.74 Å². The number of rotatable bonds is 6. The molecule has 7 heteroatoms. The maximum Gasteiger partial charge on any atom is 0.255 e. The number of alkyl halides is 2. The molecule has 0 bridgehead atoms. The van der Waals surface area contributed by atoms with Crippen LogP contribution in [0.4, 0.5) is 8.78 Å². The SMILES string of the molecule is COCCN(CC(F)F)C(=O)C1CC12CCNCC2.Cl. The minimum atomic E-state index is -2.48. The second kappa shape index (κ2) is 7.52. The van der Waals surface area contributed by atoms with Gasteiger partial charge in [0.1, 0.15) is 0 Å². The number of nitrogens with one attached hydrogen (secondary N) is 1. The first-order chi connectivity index (χ1) is 9.09. The van der Waals surface area contributed by atoms with Crippen LogP contribution in [0.3, 0.4) is 0 Å². The third-order valence-electron chi connectivity index (χ3n) is 4.32. The number of halogens is 3. The van der Waals surface area contributed by atoms with Gasteiger partial charge in [0.2, 0.25) is 5.91 Å². The first-order valence-corrected chi connectivity index (χ1v) is 6.86. The summed E-state index contributed by atoms with van der Waals surface area (Å²) in [4.78, 5) is 13.6. The van der Waals surface area contributed by atoms with Gasteiger partial charge in [-0.1, -0.05) is 0 Å². The van der Waals surface area contributed by atoms with E-state index in [1.54, 1.807) is 0 Å². The lowest BCUT2D eigenvalue weighted by atomic mass is 9.91. The molecule has 1 N–H and O–H groups in total. The number of amides is 1. The first kappa shape index (κ1) is 17.6. The molecule has 1 unspecified atom stereocenters. The molecule has 1 amide bonds. The van der Waals surface area contributed by atoms with Crippen LogP contribution in [0.1, 0.15) is 19.3 Å². The molecule has 1 saturated carbocycles. The molecular weight excluding hydrogens is 290 g/mol. The smallest absolute Gasteiger partial charge is 0.255 e. The van der Waals surface area contributed by atoms with Gasteiger partial charge < -0.3 is 15.0 Å². The van der Waals surface area contributed by atoms with Gasteiger partial charge in [0.25, 0.3) is 6.43 Å². The zero-order valence-electron chi connectivity index (χ0n) is 11.7. The van der Waals surface area contributed by atoms with Crippen LogP contribution >= 0.6 is 12.4 Å². The average molecular weight is 313 g/mol. The van der Waals surface area contributed by atoms with Crippen LogP contribution in [0.5, 0.6) is 0 Å². The molecular formula is C13H23ClF2N2O2. The van der Waals surface area contributed by atoms with Gasteiger partial charge in [0, 0.05) is 19.6 Å². The molecule has 2 fully saturated rings. The van der Waals surface area contributed by atoms with Crippen molar-refractivity contribution in [2.24, 2.45) is 11.3 Å². The van der Waals surface area contributed by atoms with Crippen molar-refractivity contribution in [3.05, 3.63) is 0 Å². The molecule has 4 nitrogen and oxygen atoms in total. The maximum atomic E-state index is 12.5. The van der Waals surface area contributed by atoms with Crippen LogP contribution in [0.15, 0.2) is 0 Å². The van der Waals surface area contributed by atoms with E-state index in [1.165, 1.54) is 12.0 Å². The molecule has 1 atom stereocenters. The molecule has 118 valence electrons. The Morgan fingerprint density at radius 1 is 1.45 bits per heavy atom. The zero-order valence-corrected chi connectivity index (χ0v) is 12.6. The molecule has 2 aliphatic rings. The molecule has 1 saturated heterocycles. The molecule has 2 rings (SSSR count). The van der Waals surface area contributed by atoms with E-state index in [0.717, 1.165) is 32.4 Å². The molecule has 0 aromatic rings. The molecule has 0 aromatic carbocycles. The number of carbonyl (C=O) groups is 1. The fraction of sp³-hybridized carbons (Fsp3) is 0.923. The number of piperidine rings is 1. The summed E-state index contributed by atoms with van der Waals surface area (Å²) in [5.74, 6) is -0.163. The van der Waals surface area contributed by atoms with Crippen LogP contribution in [0.2, 0.25) is 0 Å². The number of methoxy groups -OCH3 is 1. The van der Waals surface area contributed by atoms with Crippen molar-refractivity contribution in [2.75, 3.05) is 39.9 Å². The van der Waals surface area contributed by atoms with Crippen molar-refractivity contribution in [3.8, 4) is 0 Å². The molecule has 0 aromatic heterocycles. The third-order valence-corrected chi connectivity index (χ3v) is 4.32. The Morgan fingerprint density at radius 3 is 2.65 bits per heavy atom. The van der Waals surface area contributed by atoms with E-state index in [9.17, 15) is 13.6 Å². The molecule has 1 aliphatic carbocycles. The average Bonchev–Trinajstić information content (AvgIpc) is 3.07. The van der Waals surface area contributed by atoms with Crippen molar-refractivity contribution in [2.45, 2.75) is 25.7 Å². The number of hydrogen-bond acceptors (Lipinski definition) is 3. The van der Waals surface area contributed by atoms with Crippen molar-refractivity contribution < 1.29 is 18.3 Å². The van der Waals surface area contributed by atoms with Gasteiger partial charge in [-0.2, -0.15) is 0 Å². The van der Waals surface area contributed by atoms with E-state index in [0.29, 0.717) is 6.61 Å². The first-order valence-electron chi connectivity index (χ1n) is 6.86. The summed E-state index contributed by atoms with van der Waals surface area (Å²) < 4.78 is 30.0. The van der Waals surface area contributed by atoms with Gasteiger partial charge in [-0.3, -0.25) is 4.79 Å². The highest BCUT2D eigenvalue weighted by atomic mass is 35.5. The summed E-state index contributed by atoms with van der Waals surface area (Å²) in [7, 11) is 1.51. The van der Waals surface area contributed by atoms with E-state index in [1.807, 2.05) is 0 Å². The Kier molecular flexibility index (Phi) is 6.61. The predicted octanol–water partition coefficient (Wildman–Crippen LogP) is 1.54. The van der Waals surface area contributed by atoms with Gasteiger partial charge in [0.05, 0.1) is 13.2 Å². The van der Waals surface area contributed by atoms with Gasteiger partial charge in [-0.15, -0.1) is 12.4 Å². The monoisotopic (exact) mass is 312 g/mol. The van der Waals surface area contributed by atoms with Crippen LogP contribution in [0, 0.1) is 11.3 Å². The summed E-state index contributed by atoms with van der Waals surface area (Å²) in [6, 6.07) is 0. The summed E-state index contributed by atoms with van der Waals surface area (Å²) in [6.45, 7) is 1.94. The topological polar surface area (TPSA) is 41.6 Å². The highest BCUT2D eigenvalue weighted by Crippen LogP contribution is 2.59. The summed E-state index contributed by atoms with van der Waals surface area (Å²) in [6.07, 6.45) is 0.343. The zero-order chi connectivity index (χ0) is 13.9. The standard InChI is InChI=1S/C13H22F2N2O2.ClH/c1-19-7-6-17(9-11(14)15)12(18)10-8-13(10)2-4-16-5-3-13;/h10-11,16H,2-9H2,1H3;1H. The second-order valence-corrected chi connectivity index (χ2v) is 5.54. The quantitative estimate of drug-likeness (QED) is 0.809. The van der Waals surface area contributed by atoms with Crippen LogP contribution in [-0.4, -0.2) is 57.1 Å². The number of ether oxygens (including phenoxy) is 1. The van der Waals surface area contributed by atoms with Crippen molar-refractivity contribution in [3.63, 3.8) is 0 Å². The second-order valence-electron chi connectivity index (χ2n) is 5.54. The Balaban J connectivity index is 0.00000200. The van der Waals surface area contributed by atoms with Crippen LogP contribution < -0.4 is 5.32 Å². The Bertz CT molecular complexity index is 325. The highest BCUT2D eigenvalue weighted by molar-refractivity contribution is 5.85. The van der Waals surface area contributed by atoms with Gasteiger partial charge in [-0.25, -0.2) is 8.78 Å². The van der Waals surface area contributed by atoms with Crippen molar-refractivity contribution in [1.82, 2.24) is 10.2 Å². The molecule has 1 spiro atoms. The van der Waals surface area contributed by atoms with E-state index in [2.05, 4.69) is 5.32 Å². The van der Waals surface area contributed by atoms with Gasteiger partial charge in [-0.05, 0) is 37.8 Å². The minimum Gasteiger partial charge on any atom is -0.383 e. The highest BCUT2D eigenvalue weighted by Gasteiger charge is 2.58. The normalized spacial score (nSPS) is 23.5. The molecule has 0 radical (unpaired) electrons. The lowest BCUT2D eigenvalue weighted by molar-refractivity contribution is -0.136. The lowest BCUT2D eigenvalue weighted by Gasteiger charge is -2.26. The maximum absolute atomic E-state index is 12.5. The fourth-order valence-electron chi connectivity index (χ4n) is 3.05. The summed E-state index contributed by atoms with van der Waals surface area (Å²) in [5.41, 5.74) is 0.0930. The number of hydrogen-bond donors (Lipinski definition) is 1. The summed E-state index contributed by atoms with van der Waals surface area (Å²) in [5, 5.41) is 3.27. The van der Waals surface area contributed by atoms with Gasteiger partial charge >= 0.3 is 0 Å². The van der Waals surface area contributed by atoms with Crippen LogP contribution in [-0.2, 0) is 9.53 Å². The molecule has 1 heterocycles. The lowest BCUT2D eigenvalue weighted by Crippen LogP contribution is -2.40. The summed E-state index contributed by atoms with van der Waals surface area (Å²) >= 11 is 0. The van der Waals surface area contributed by atoms with Crippen molar-refractivity contribution in [1.29, 1.82) is 0 Å². The number of nitrogens with zero attached hydrogens (tertiary/aromatic N) is 1. The Morgan fingerprint density at radius 2 is 2.10 bits per heavy atom. The van der Waals surface area contributed by atoms with Gasteiger partial charge in [0.15, 0.2) is 0 Å². The van der Waals surface area contributed by atoms with Crippen LogP contribution in [0.25, 0.3) is 0 Å². The fourth-order valence-corrected chi connectivity index (χ4v) is 3.05. The predicted molar refractivity (Wildman–Crippen MR) is 74.4 cm³/mol.